The molecule has 3 rings (SSSR count). The second kappa shape index (κ2) is 8.01. The van der Waals surface area contributed by atoms with Gasteiger partial charge in [-0.15, -0.1) is 0 Å². The third-order valence-electron chi connectivity index (χ3n) is 4.94. The molecule has 1 heterocycles. The van der Waals surface area contributed by atoms with Gasteiger partial charge in [0.25, 0.3) is 5.91 Å². The highest BCUT2D eigenvalue weighted by atomic mass is 35.5. The molecule has 2 aromatic rings. The number of sulfonamides is 1. The predicted octanol–water partition coefficient (Wildman–Crippen LogP) is 3.29. The number of carbonyl (C=O) groups excluding carboxylic acids is 1. The van der Waals surface area contributed by atoms with Crippen molar-refractivity contribution in [2.75, 3.05) is 42.1 Å². The average molecular weight is 422 g/mol. The van der Waals surface area contributed by atoms with Crippen LogP contribution in [0.4, 0.5) is 11.4 Å². The first-order valence-corrected chi connectivity index (χ1v) is 11.3. The monoisotopic (exact) mass is 421 g/mol. The molecule has 0 aliphatic carbocycles. The molecule has 1 N–H and O–H groups in total. The Morgan fingerprint density at radius 2 is 1.75 bits per heavy atom. The van der Waals surface area contributed by atoms with Gasteiger partial charge in [-0.25, -0.2) is 8.42 Å². The molecule has 0 bridgehead atoms. The molecule has 1 saturated heterocycles. The molecule has 6 nitrogen and oxygen atoms in total. The number of hydrogen-bond acceptors (Lipinski definition) is 4. The SMILES string of the molecule is Cc1ccc(Cl)cc1N1CCN(C(=O)c2cccc(NS(C)(=O)=O)c2C)CC1. The number of nitrogens with zero attached hydrogens (tertiary/aromatic N) is 2. The molecule has 0 radical (unpaired) electrons. The summed E-state index contributed by atoms with van der Waals surface area (Å²) in [6, 6.07) is 10.9. The fourth-order valence-corrected chi connectivity index (χ4v) is 4.21. The van der Waals surface area contributed by atoms with Gasteiger partial charge in [-0.2, -0.15) is 0 Å². The minimum Gasteiger partial charge on any atom is -0.368 e. The molecule has 1 amide bonds. The summed E-state index contributed by atoms with van der Waals surface area (Å²) in [4.78, 5) is 17.1. The molecule has 1 aliphatic rings. The molecule has 1 aliphatic heterocycles. The van der Waals surface area contributed by atoms with E-state index in [1.807, 2.05) is 30.0 Å². The summed E-state index contributed by atoms with van der Waals surface area (Å²) in [6.07, 6.45) is 1.10. The third kappa shape index (κ3) is 4.59. The summed E-state index contributed by atoms with van der Waals surface area (Å²) >= 11 is 6.13. The second-order valence-corrected chi connectivity index (χ2v) is 9.25. The van der Waals surface area contributed by atoms with E-state index >= 15 is 0 Å². The molecule has 0 saturated carbocycles. The largest absolute Gasteiger partial charge is 0.368 e. The fraction of sp³-hybridized carbons (Fsp3) is 0.350. The molecule has 0 unspecified atom stereocenters. The molecule has 28 heavy (non-hydrogen) atoms. The maximum absolute atomic E-state index is 13.0. The Balaban J connectivity index is 1.74. The van der Waals surface area contributed by atoms with Crippen molar-refractivity contribution in [3.8, 4) is 0 Å². The zero-order chi connectivity index (χ0) is 20.5. The van der Waals surface area contributed by atoms with E-state index in [0.29, 0.717) is 48.0 Å². The smallest absolute Gasteiger partial charge is 0.254 e. The fourth-order valence-electron chi connectivity index (χ4n) is 3.42. The van der Waals surface area contributed by atoms with E-state index in [0.717, 1.165) is 17.5 Å². The predicted molar refractivity (Wildman–Crippen MR) is 114 cm³/mol. The Labute approximate surface area is 171 Å². The summed E-state index contributed by atoms with van der Waals surface area (Å²) in [5, 5.41) is 0.699. The van der Waals surface area contributed by atoms with E-state index in [2.05, 4.69) is 9.62 Å². The molecule has 150 valence electrons. The van der Waals surface area contributed by atoms with Gasteiger partial charge in [0.2, 0.25) is 10.0 Å². The highest BCUT2D eigenvalue weighted by molar-refractivity contribution is 7.92. The normalized spacial score (nSPS) is 14.9. The average Bonchev–Trinajstić information content (AvgIpc) is 2.64. The molecule has 1 fully saturated rings. The topological polar surface area (TPSA) is 69.7 Å². The van der Waals surface area contributed by atoms with E-state index in [-0.39, 0.29) is 5.91 Å². The van der Waals surface area contributed by atoms with Crippen molar-refractivity contribution in [1.29, 1.82) is 0 Å². The van der Waals surface area contributed by atoms with E-state index in [4.69, 9.17) is 11.6 Å². The van der Waals surface area contributed by atoms with Crippen LogP contribution in [0.1, 0.15) is 21.5 Å². The van der Waals surface area contributed by atoms with Crippen LogP contribution in [0.5, 0.6) is 0 Å². The van der Waals surface area contributed by atoms with Crippen molar-refractivity contribution >= 4 is 38.9 Å². The van der Waals surface area contributed by atoms with E-state index in [1.165, 1.54) is 0 Å². The summed E-state index contributed by atoms with van der Waals surface area (Å²) in [5.74, 6) is -0.0860. The van der Waals surface area contributed by atoms with E-state index < -0.39 is 10.0 Å². The molecule has 0 aromatic heterocycles. The van der Waals surface area contributed by atoms with Crippen molar-refractivity contribution in [1.82, 2.24) is 4.90 Å². The zero-order valence-electron chi connectivity index (χ0n) is 16.2. The van der Waals surface area contributed by atoms with Gasteiger partial charge in [-0.3, -0.25) is 9.52 Å². The Bertz CT molecular complexity index is 1000. The van der Waals surface area contributed by atoms with Gasteiger partial charge in [0.05, 0.1) is 11.9 Å². The Morgan fingerprint density at radius 1 is 1.07 bits per heavy atom. The van der Waals surface area contributed by atoms with Crippen molar-refractivity contribution in [2.24, 2.45) is 0 Å². The summed E-state index contributed by atoms with van der Waals surface area (Å²) < 4.78 is 25.5. The van der Waals surface area contributed by atoms with Crippen molar-refractivity contribution in [3.63, 3.8) is 0 Å². The third-order valence-corrected chi connectivity index (χ3v) is 5.76. The number of piperazine rings is 1. The van der Waals surface area contributed by atoms with Gasteiger partial charge in [0, 0.05) is 42.5 Å². The first-order valence-electron chi connectivity index (χ1n) is 9.03. The maximum Gasteiger partial charge on any atom is 0.254 e. The maximum atomic E-state index is 13.0. The number of aryl methyl sites for hydroxylation is 1. The van der Waals surface area contributed by atoms with Crippen LogP contribution in [0, 0.1) is 13.8 Å². The quantitative estimate of drug-likeness (QED) is 0.822. The van der Waals surface area contributed by atoms with Crippen LogP contribution < -0.4 is 9.62 Å². The van der Waals surface area contributed by atoms with E-state index in [9.17, 15) is 13.2 Å². The Morgan fingerprint density at radius 3 is 2.39 bits per heavy atom. The number of nitrogens with one attached hydrogen (secondary N) is 1. The minimum atomic E-state index is -3.40. The van der Waals surface area contributed by atoms with Crippen molar-refractivity contribution in [2.45, 2.75) is 13.8 Å². The zero-order valence-corrected chi connectivity index (χ0v) is 17.8. The van der Waals surface area contributed by atoms with Crippen LogP contribution in [0.2, 0.25) is 5.02 Å². The van der Waals surface area contributed by atoms with Gasteiger partial charge in [0.1, 0.15) is 0 Å². The highest BCUT2D eigenvalue weighted by Gasteiger charge is 2.25. The number of carbonyl (C=O) groups is 1. The number of halogens is 1. The second-order valence-electron chi connectivity index (χ2n) is 7.06. The Kier molecular flexibility index (Phi) is 5.86. The molecular formula is C20H24ClN3O3S. The first kappa shape index (κ1) is 20.5. The van der Waals surface area contributed by atoms with Crippen molar-refractivity contribution < 1.29 is 13.2 Å². The lowest BCUT2D eigenvalue weighted by Crippen LogP contribution is -2.49. The summed E-state index contributed by atoms with van der Waals surface area (Å²) in [5.41, 5.74) is 3.82. The molecular weight excluding hydrogens is 398 g/mol. The van der Waals surface area contributed by atoms with Crippen LogP contribution in [0.3, 0.4) is 0 Å². The summed E-state index contributed by atoms with van der Waals surface area (Å²) in [7, 11) is -3.40. The number of rotatable bonds is 4. The number of amides is 1. The highest BCUT2D eigenvalue weighted by Crippen LogP contribution is 2.26. The van der Waals surface area contributed by atoms with Gasteiger partial charge in [-0.05, 0) is 49.2 Å². The first-order chi connectivity index (χ1) is 13.2. The van der Waals surface area contributed by atoms with Crippen LogP contribution >= 0.6 is 11.6 Å². The minimum absolute atomic E-state index is 0.0860. The van der Waals surface area contributed by atoms with Crippen molar-refractivity contribution in [3.05, 3.63) is 58.1 Å². The van der Waals surface area contributed by atoms with Crippen LogP contribution in [-0.2, 0) is 10.0 Å². The lowest BCUT2D eigenvalue weighted by atomic mass is 10.1. The number of benzene rings is 2. The molecule has 8 heteroatoms. The van der Waals surface area contributed by atoms with Crippen LogP contribution in [-0.4, -0.2) is 51.7 Å². The molecule has 0 atom stereocenters. The van der Waals surface area contributed by atoms with Gasteiger partial charge >= 0.3 is 0 Å². The standard InChI is InChI=1S/C20H24ClN3O3S/c1-14-7-8-16(21)13-19(14)23-9-11-24(12-10-23)20(25)17-5-4-6-18(15(17)2)22-28(3,26)27/h4-8,13,22H,9-12H2,1-3H3. The lowest BCUT2D eigenvalue weighted by molar-refractivity contribution is 0.0746. The molecule has 2 aromatic carbocycles. The van der Waals surface area contributed by atoms with E-state index in [1.54, 1.807) is 25.1 Å². The Hall–Kier alpha value is -2.25. The van der Waals surface area contributed by atoms with Gasteiger partial charge in [0.15, 0.2) is 0 Å². The van der Waals surface area contributed by atoms with Crippen LogP contribution in [0.15, 0.2) is 36.4 Å². The van der Waals surface area contributed by atoms with Gasteiger partial charge in [-0.1, -0.05) is 23.7 Å². The summed E-state index contributed by atoms with van der Waals surface area (Å²) in [6.45, 7) is 6.42. The van der Waals surface area contributed by atoms with Crippen LogP contribution in [0.25, 0.3) is 0 Å². The molecule has 0 spiro atoms. The lowest BCUT2D eigenvalue weighted by Gasteiger charge is -2.37. The van der Waals surface area contributed by atoms with Gasteiger partial charge < -0.3 is 9.80 Å². The number of anilines is 2. The number of hydrogen-bond donors (Lipinski definition) is 1.